The van der Waals surface area contributed by atoms with Crippen molar-refractivity contribution in [1.82, 2.24) is 0 Å². The first-order valence-corrected chi connectivity index (χ1v) is 6.01. The van der Waals surface area contributed by atoms with Crippen LogP contribution >= 0.6 is 0 Å². The van der Waals surface area contributed by atoms with E-state index in [4.69, 9.17) is 9.84 Å². The zero-order valence-electron chi connectivity index (χ0n) is 10.9. The second-order valence-corrected chi connectivity index (χ2v) is 4.27. The SMILES string of the molecule is O=C(Oc1cc(C(F)(F)F)ccc1C(=O)O)c1ccccc1. The fourth-order valence-electron chi connectivity index (χ4n) is 1.69. The van der Waals surface area contributed by atoms with E-state index in [1.54, 1.807) is 18.2 Å². The summed E-state index contributed by atoms with van der Waals surface area (Å²) >= 11 is 0. The van der Waals surface area contributed by atoms with Crippen molar-refractivity contribution in [3.05, 3.63) is 65.2 Å². The Morgan fingerprint density at radius 1 is 1.00 bits per heavy atom. The minimum Gasteiger partial charge on any atom is -0.478 e. The van der Waals surface area contributed by atoms with Gasteiger partial charge in [-0.25, -0.2) is 9.59 Å². The maximum atomic E-state index is 12.7. The van der Waals surface area contributed by atoms with Gasteiger partial charge in [0.15, 0.2) is 0 Å². The number of hydrogen-bond donors (Lipinski definition) is 1. The van der Waals surface area contributed by atoms with Crippen LogP contribution in [0.2, 0.25) is 0 Å². The highest BCUT2D eigenvalue weighted by atomic mass is 19.4. The smallest absolute Gasteiger partial charge is 0.416 e. The lowest BCUT2D eigenvalue weighted by atomic mass is 10.1. The normalized spacial score (nSPS) is 11.0. The molecule has 0 atom stereocenters. The number of carboxylic acid groups (broad SMARTS) is 1. The average Bonchev–Trinajstić information content (AvgIpc) is 2.47. The van der Waals surface area contributed by atoms with Crippen LogP contribution in [0, 0.1) is 0 Å². The first kappa shape index (κ1) is 15.6. The van der Waals surface area contributed by atoms with Gasteiger partial charge in [0.1, 0.15) is 11.3 Å². The largest absolute Gasteiger partial charge is 0.478 e. The van der Waals surface area contributed by atoms with E-state index in [0.29, 0.717) is 12.1 Å². The van der Waals surface area contributed by atoms with E-state index >= 15 is 0 Å². The van der Waals surface area contributed by atoms with E-state index in [-0.39, 0.29) is 5.56 Å². The summed E-state index contributed by atoms with van der Waals surface area (Å²) in [4.78, 5) is 22.9. The van der Waals surface area contributed by atoms with Gasteiger partial charge in [-0.2, -0.15) is 13.2 Å². The number of halogens is 3. The van der Waals surface area contributed by atoms with E-state index in [0.717, 1.165) is 6.07 Å². The zero-order chi connectivity index (χ0) is 16.3. The second-order valence-electron chi connectivity index (χ2n) is 4.27. The number of ether oxygens (including phenoxy) is 1. The first-order chi connectivity index (χ1) is 10.3. The van der Waals surface area contributed by atoms with Crippen LogP contribution in [0.5, 0.6) is 5.75 Å². The maximum Gasteiger partial charge on any atom is 0.416 e. The molecule has 0 heterocycles. The topological polar surface area (TPSA) is 63.6 Å². The summed E-state index contributed by atoms with van der Waals surface area (Å²) in [6.07, 6.45) is -4.68. The molecule has 0 fully saturated rings. The Morgan fingerprint density at radius 3 is 2.18 bits per heavy atom. The molecule has 2 rings (SSSR count). The maximum absolute atomic E-state index is 12.7. The van der Waals surface area contributed by atoms with Crippen LogP contribution in [0.4, 0.5) is 13.2 Å². The Balaban J connectivity index is 2.39. The van der Waals surface area contributed by atoms with E-state index in [1.807, 2.05) is 0 Å². The van der Waals surface area contributed by atoms with Crippen molar-refractivity contribution >= 4 is 11.9 Å². The van der Waals surface area contributed by atoms with Gasteiger partial charge in [0.05, 0.1) is 11.1 Å². The molecule has 2 aromatic carbocycles. The van der Waals surface area contributed by atoms with Gasteiger partial charge in [0, 0.05) is 0 Å². The van der Waals surface area contributed by atoms with Crippen molar-refractivity contribution in [3.63, 3.8) is 0 Å². The van der Waals surface area contributed by atoms with Crippen LogP contribution < -0.4 is 4.74 Å². The van der Waals surface area contributed by atoms with Crippen molar-refractivity contribution < 1.29 is 32.6 Å². The predicted octanol–water partition coefficient (Wildman–Crippen LogP) is 3.62. The zero-order valence-corrected chi connectivity index (χ0v) is 10.9. The van der Waals surface area contributed by atoms with Crippen LogP contribution in [0.1, 0.15) is 26.3 Å². The summed E-state index contributed by atoms with van der Waals surface area (Å²) in [5, 5.41) is 8.97. The summed E-state index contributed by atoms with van der Waals surface area (Å²) in [5.41, 5.74) is -1.54. The third-order valence-electron chi connectivity index (χ3n) is 2.75. The fourth-order valence-corrected chi connectivity index (χ4v) is 1.69. The number of esters is 1. The number of carbonyl (C=O) groups excluding carboxylic acids is 1. The van der Waals surface area contributed by atoms with Gasteiger partial charge in [-0.3, -0.25) is 0 Å². The summed E-state index contributed by atoms with van der Waals surface area (Å²) in [7, 11) is 0. The van der Waals surface area contributed by atoms with Crippen molar-refractivity contribution in [3.8, 4) is 5.75 Å². The van der Waals surface area contributed by atoms with Crippen LogP contribution in [0.25, 0.3) is 0 Å². The molecule has 0 saturated carbocycles. The van der Waals surface area contributed by atoms with Gasteiger partial charge >= 0.3 is 18.1 Å². The summed E-state index contributed by atoms with van der Waals surface area (Å²) in [6, 6.07) is 9.38. The fraction of sp³-hybridized carbons (Fsp3) is 0.0667. The van der Waals surface area contributed by atoms with Gasteiger partial charge in [-0.1, -0.05) is 18.2 Å². The molecule has 0 aliphatic carbocycles. The van der Waals surface area contributed by atoms with E-state index in [9.17, 15) is 22.8 Å². The second kappa shape index (κ2) is 5.88. The molecule has 0 saturated heterocycles. The van der Waals surface area contributed by atoms with Gasteiger partial charge in [0.2, 0.25) is 0 Å². The Labute approximate surface area is 122 Å². The van der Waals surface area contributed by atoms with Crippen LogP contribution in [0.3, 0.4) is 0 Å². The molecule has 7 heteroatoms. The Hall–Kier alpha value is -2.83. The summed E-state index contributed by atoms with van der Waals surface area (Å²) < 4.78 is 42.8. The number of aromatic carboxylic acids is 1. The first-order valence-electron chi connectivity index (χ1n) is 6.01. The average molecular weight is 310 g/mol. The molecular formula is C15H9F3O4. The molecule has 0 unspecified atom stereocenters. The third-order valence-corrected chi connectivity index (χ3v) is 2.75. The molecule has 0 aliphatic rings. The number of carboxylic acids is 1. The Bertz CT molecular complexity index is 708. The quantitative estimate of drug-likeness (QED) is 0.694. The number of rotatable bonds is 3. The lowest BCUT2D eigenvalue weighted by Crippen LogP contribution is -2.13. The van der Waals surface area contributed by atoms with Crippen LogP contribution in [-0.4, -0.2) is 17.0 Å². The minimum atomic E-state index is -4.68. The summed E-state index contributed by atoms with van der Waals surface area (Å²) in [6.45, 7) is 0. The minimum absolute atomic E-state index is 0.0938. The van der Waals surface area contributed by atoms with E-state index in [1.165, 1.54) is 12.1 Å². The number of benzene rings is 2. The highest BCUT2D eigenvalue weighted by molar-refractivity contribution is 5.95. The molecule has 4 nitrogen and oxygen atoms in total. The van der Waals surface area contributed by atoms with Gasteiger partial charge in [0.25, 0.3) is 0 Å². The summed E-state index contributed by atoms with van der Waals surface area (Å²) in [5.74, 6) is -3.09. The number of alkyl halides is 3. The van der Waals surface area contributed by atoms with Crippen molar-refractivity contribution in [2.75, 3.05) is 0 Å². The van der Waals surface area contributed by atoms with Crippen molar-refractivity contribution in [2.24, 2.45) is 0 Å². The van der Waals surface area contributed by atoms with Crippen molar-refractivity contribution in [1.29, 1.82) is 0 Å². The van der Waals surface area contributed by atoms with E-state index < -0.39 is 35.0 Å². The highest BCUT2D eigenvalue weighted by Gasteiger charge is 2.32. The Kier molecular flexibility index (Phi) is 4.16. The van der Waals surface area contributed by atoms with Crippen LogP contribution in [0.15, 0.2) is 48.5 Å². The van der Waals surface area contributed by atoms with Gasteiger partial charge in [-0.05, 0) is 30.3 Å². The third kappa shape index (κ3) is 3.43. The molecule has 2 aromatic rings. The lowest BCUT2D eigenvalue weighted by Gasteiger charge is -2.11. The number of hydrogen-bond acceptors (Lipinski definition) is 3. The van der Waals surface area contributed by atoms with Crippen molar-refractivity contribution in [2.45, 2.75) is 6.18 Å². The molecule has 0 spiro atoms. The molecule has 0 aromatic heterocycles. The molecule has 0 aliphatic heterocycles. The standard InChI is InChI=1S/C15H9F3O4/c16-15(17,18)10-6-7-11(13(19)20)12(8-10)22-14(21)9-4-2-1-3-5-9/h1-8H,(H,19,20). The number of carbonyl (C=O) groups is 2. The van der Waals surface area contributed by atoms with Gasteiger partial charge in [-0.15, -0.1) is 0 Å². The molecule has 0 amide bonds. The molecule has 0 radical (unpaired) electrons. The molecule has 114 valence electrons. The molecular weight excluding hydrogens is 301 g/mol. The molecule has 22 heavy (non-hydrogen) atoms. The highest BCUT2D eigenvalue weighted by Crippen LogP contribution is 2.33. The van der Waals surface area contributed by atoms with Gasteiger partial charge < -0.3 is 9.84 Å². The molecule has 1 N–H and O–H groups in total. The predicted molar refractivity (Wildman–Crippen MR) is 69.8 cm³/mol. The lowest BCUT2D eigenvalue weighted by molar-refractivity contribution is -0.137. The molecule has 0 bridgehead atoms. The monoisotopic (exact) mass is 310 g/mol. The van der Waals surface area contributed by atoms with E-state index in [2.05, 4.69) is 0 Å². The van der Waals surface area contributed by atoms with Crippen LogP contribution in [-0.2, 0) is 6.18 Å². The Morgan fingerprint density at radius 2 is 1.64 bits per heavy atom.